The van der Waals surface area contributed by atoms with Crippen LogP contribution in [0.3, 0.4) is 0 Å². The van der Waals surface area contributed by atoms with Gasteiger partial charge in [0.25, 0.3) is 0 Å². The summed E-state index contributed by atoms with van der Waals surface area (Å²) in [6.07, 6.45) is -4.39. The van der Waals surface area contributed by atoms with E-state index >= 15 is 0 Å². The van der Waals surface area contributed by atoms with E-state index < -0.39 is 11.7 Å². The van der Waals surface area contributed by atoms with Gasteiger partial charge in [0.2, 0.25) is 0 Å². The predicted octanol–water partition coefficient (Wildman–Crippen LogP) is 5.62. The third-order valence-corrected chi connectivity index (χ3v) is 3.37. The molecule has 0 spiro atoms. The Morgan fingerprint density at radius 1 is 0.900 bits per heavy atom. The molecule has 106 valence electrons. The molecule has 2 rings (SSSR count). The molecule has 0 fully saturated rings. The third-order valence-electron chi connectivity index (χ3n) is 2.74. The molecule has 0 saturated heterocycles. The van der Waals surface area contributed by atoms with E-state index in [1.165, 1.54) is 12.1 Å². The number of nitrogens with one attached hydrogen (secondary N) is 1. The smallest absolute Gasteiger partial charge is 0.379 e. The Morgan fingerprint density at radius 2 is 1.50 bits per heavy atom. The van der Waals surface area contributed by atoms with Gasteiger partial charge >= 0.3 is 6.18 Å². The zero-order chi connectivity index (χ0) is 14.8. The molecule has 20 heavy (non-hydrogen) atoms. The lowest BCUT2D eigenvalue weighted by atomic mass is 10.1. The number of anilines is 1. The first-order chi connectivity index (χ1) is 9.39. The molecule has 0 saturated carbocycles. The van der Waals surface area contributed by atoms with Gasteiger partial charge in [-0.3, -0.25) is 0 Å². The maximum Gasteiger partial charge on any atom is 0.416 e. The van der Waals surface area contributed by atoms with Gasteiger partial charge in [-0.1, -0.05) is 47.5 Å². The van der Waals surface area contributed by atoms with Crippen molar-refractivity contribution in [3.8, 4) is 0 Å². The van der Waals surface area contributed by atoms with E-state index in [0.29, 0.717) is 15.7 Å². The number of para-hydroxylation sites is 1. The predicted molar refractivity (Wildman–Crippen MR) is 75.2 cm³/mol. The van der Waals surface area contributed by atoms with E-state index in [1.54, 1.807) is 24.3 Å². The number of alkyl halides is 3. The summed E-state index contributed by atoms with van der Waals surface area (Å²) in [5.41, 5.74) is -0.112. The van der Waals surface area contributed by atoms with Crippen LogP contribution in [0.2, 0.25) is 10.0 Å². The van der Waals surface area contributed by atoms with E-state index in [2.05, 4.69) is 5.32 Å². The second-order valence-corrected chi connectivity index (χ2v) is 4.92. The Morgan fingerprint density at radius 3 is 2.10 bits per heavy atom. The second kappa shape index (κ2) is 5.94. The number of hydrogen-bond acceptors (Lipinski definition) is 1. The maximum atomic E-state index is 12.9. The summed E-state index contributed by atoms with van der Waals surface area (Å²) in [4.78, 5) is 0. The van der Waals surface area contributed by atoms with Crippen LogP contribution in [-0.2, 0) is 12.7 Å². The summed E-state index contributed by atoms with van der Waals surface area (Å²) >= 11 is 11.9. The fourth-order valence-electron chi connectivity index (χ4n) is 1.80. The van der Waals surface area contributed by atoms with E-state index in [1.807, 2.05) is 0 Å². The highest BCUT2D eigenvalue weighted by atomic mass is 35.5. The van der Waals surface area contributed by atoms with Crippen molar-refractivity contribution >= 4 is 28.9 Å². The van der Waals surface area contributed by atoms with Crippen molar-refractivity contribution in [1.82, 2.24) is 0 Å². The number of benzene rings is 2. The SMILES string of the molecule is FC(F)(F)c1ccccc1CNc1c(Cl)cccc1Cl. The lowest BCUT2D eigenvalue weighted by Gasteiger charge is -2.15. The van der Waals surface area contributed by atoms with Crippen LogP contribution >= 0.6 is 23.2 Å². The lowest BCUT2D eigenvalue weighted by molar-refractivity contribution is -0.138. The molecule has 2 aromatic rings. The fraction of sp³-hybridized carbons (Fsp3) is 0.143. The van der Waals surface area contributed by atoms with Gasteiger partial charge in [-0.2, -0.15) is 13.2 Å². The van der Waals surface area contributed by atoms with E-state index in [0.717, 1.165) is 6.07 Å². The molecule has 0 aromatic heterocycles. The minimum absolute atomic E-state index is 0.0147. The average Bonchev–Trinajstić information content (AvgIpc) is 2.37. The highest BCUT2D eigenvalue weighted by molar-refractivity contribution is 6.39. The summed E-state index contributed by atoms with van der Waals surface area (Å²) in [6, 6.07) is 10.3. The fourth-order valence-corrected chi connectivity index (χ4v) is 2.33. The van der Waals surface area contributed by atoms with E-state index in [4.69, 9.17) is 23.2 Å². The first-order valence-electron chi connectivity index (χ1n) is 5.72. The average molecular weight is 320 g/mol. The van der Waals surface area contributed by atoms with Crippen molar-refractivity contribution < 1.29 is 13.2 Å². The first kappa shape index (κ1) is 15.0. The molecular formula is C14H10Cl2F3N. The van der Waals surface area contributed by atoms with Crippen molar-refractivity contribution in [3.63, 3.8) is 0 Å². The molecule has 0 bridgehead atoms. The van der Waals surface area contributed by atoms with Crippen LogP contribution in [0.4, 0.5) is 18.9 Å². The minimum atomic E-state index is -4.39. The van der Waals surface area contributed by atoms with Gasteiger partial charge < -0.3 is 5.32 Å². The molecule has 0 aliphatic carbocycles. The number of halogens is 5. The van der Waals surface area contributed by atoms with Gasteiger partial charge in [0, 0.05) is 6.54 Å². The number of rotatable bonds is 3. The van der Waals surface area contributed by atoms with Crippen LogP contribution in [0.15, 0.2) is 42.5 Å². The molecule has 6 heteroatoms. The monoisotopic (exact) mass is 319 g/mol. The van der Waals surface area contributed by atoms with Crippen molar-refractivity contribution in [2.75, 3.05) is 5.32 Å². The van der Waals surface area contributed by atoms with Gasteiger partial charge in [0.05, 0.1) is 21.3 Å². The van der Waals surface area contributed by atoms with Crippen molar-refractivity contribution in [2.45, 2.75) is 12.7 Å². The summed E-state index contributed by atoms with van der Waals surface area (Å²) in [6.45, 7) is -0.0147. The summed E-state index contributed by atoms with van der Waals surface area (Å²) in [7, 11) is 0. The summed E-state index contributed by atoms with van der Waals surface area (Å²) < 4.78 is 38.6. The van der Waals surface area contributed by atoms with E-state index in [-0.39, 0.29) is 12.1 Å². The minimum Gasteiger partial charge on any atom is -0.379 e. The largest absolute Gasteiger partial charge is 0.416 e. The second-order valence-electron chi connectivity index (χ2n) is 4.11. The zero-order valence-corrected chi connectivity index (χ0v) is 11.7. The van der Waals surface area contributed by atoms with Gasteiger partial charge in [0.15, 0.2) is 0 Å². The van der Waals surface area contributed by atoms with Crippen LogP contribution in [0, 0.1) is 0 Å². The van der Waals surface area contributed by atoms with Crippen LogP contribution in [0.25, 0.3) is 0 Å². The normalized spacial score (nSPS) is 11.4. The first-order valence-corrected chi connectivity index (χ1v) is 6.48. The molecule has 2 aromatic carbocycles. The summed E-state index contributed by atoms with van der Waals surface area (Å²) in [5, 5.41) is 3.57. The molecule has 0 amide bonds. The highest BCUT2D eigenvalue weighted by Gasteiger charge is 2.32. The summed E-state index contributed by atoms with van der Waals surface area (Å²) in [5.74, 6) is 0. The van der Waals surface area contributed by atoms with Gasteiger partial charge in [0.1, 0.15) is 0 Å². The van der Waals surface area contributed by atoms with Crippen LogP contribution < -0.4 is 5.32 Å². The quantitative estimate of drug-likeness (QED) is 0.773. The number of hydrogen-bond donors (Lipinski definition) is 1. The van der Waals surface area contributed by atoms with Crippen LogP contribution in [-0.4, -0.2) is 0 Å². The topological polar surface area (TPSA) is 12.0 Å². The zero-order valence-electron chi connectivity index (χ0n) is 10.1. The Kier molecular flexibility index (Phi) is 4.45. The van der Waals surface area contributed by atoms with Gasteiger partial charge in [-0.05, 0) is 23.8 Å². The molecular weight excluding hydrogens is 310 g/mol. The molecule has 1 nitrogen and oxygen atoms in total. The molecule has 0 aliphatic heterocycles. The molecule has 1 N–H and O–H groups in total. The van der Waals surface area contributed by atoms with Crippen molar-refractivity contribution in [1.29, 1.82) is 0 Å². The van der Waals surface area contributed by atoms with Crippen molar-refractivity contribution in [3.05, 3.63) is 63.6 Å². The van der Waals surface area contributed by atoms with Crippen molar-refractivity contribution in [2.24, 2.45) is 0 Å². The molecule has 0 radical (unpaired) electrons. The van der Waals surface area contributed by atoms with Gasteiger partial charge in [-0.25, -0.2) is 0 Å². The third kappa shape index (κ3) is 3.38. The Bertz CT molecular complexity index is 591. The molecule has 0 heterocycles. The maximum absolute atomic E-state index is 12.9. The molecule has 0 aliphatic rings. The van der Waals surface area contributed by atoms with E-state index in [9.17, 15) is 13.2 Å². The standard InChI is InChI=1S/C14H10Cl2F3N/c15-11-6-3-7-12(16)13(11)20-8-9-4-1-2-5-10(9)14(17,18)19/h1-7,20H,8H2. The van der Waals surface area contributed by atoms with Gasteiger partial charge in [-0.15, -0.1) is 0 Å². The lowest BCUT2D eigenvalue weighted by Crippen LogP contribution is -2.11. The van der Waals surface area contributed by atoms with Crippen LogP contribution in [0.5, 0.6) is 0 Å². The highest BCUT2D eigenvalue weighted by Crippen LogP contribution is 2.34. The Labute approximate surface area is 124 Å². The Balaban J connectivity index is 2.24. The van der Waals surface area contributed by atoms with Crippen LogP contribution in [0.1, 0.15) is 11.1 Å². The Hall–Kier alpha value is -1.39. The molecule has 0 unspecified atom stereocenters. The molecule has 0 atom stereocenters.